The molecule has 0 saturated carbocycles. The van der Waals surface area contributed by atoms with Crippen molar-refractivity contribution in [3.05, 3.63) is 0 Å². The Kier molecular flexibility index (Phi) is 12.4. The van der Waals surface area contributed by atoms with Gasteiger partial charge < -0.3 is 47.9 Å². The van der Waals surface area contributed by atoms with Crippen molar-refractivity contribution in [2.45, 2.75) is 19.3 Å². The average molecular weight is 472 g/mol. The van der Waals surface area contributed by atoms with Gasteiger partial charge in [-0.2, -0.15) is 0 Å². The van der Waals surface area contributed by atoms with Crippen molar-refractivity contribution < 1.29 is 28.8 Å². The summed E-state index contributed by atoms with van der Waals surface area (Å²) in [5.74, 6) is -2.82. The van der Waals surface area contributed by atoms with Crippen molar-refractivity contribution in [1.29, 1.82) is 0 Å². The van der Waals surface area contributed by atoms with Gasteiger partial charge in [-0.05, 0) is 0 Å². The van der Waals surface area contributed by atoms with E-state index in [4.69, 9.17) is 17.2 Å². The highest BCUT2D eigenvalue weighted by atomic mass is 16.2. The largest absolute Gasteiger partial charge is 0.347 e. The zero-order valence-electron chi connectivity index (χ0n) is 18.5. The van der Waals surface area contributed by atoms with Crippen LogP contribution in [-0.2, 0) is 28.8 Å². The molecule has 0 unspecified atom stereocenters. The number of hydrogen-bond donors (Lipinski definition) is 6. The summed E-state index contributed by atoms with van der Waals surface area (Å²) in [6, 6.07) is 0. The van der Waals surface area contributed by atoms with Crippen LogP contribution in [0.4, 0.5) is 0 Å². The Morgan fingerprint density at radius 3 is 0.970 bits per heavy atom. The minimum Gasteiger partial charge on any atom is -0.347 e. The fourth-order valence-electron chi connectivity index (χ4n) is 2.74. The molecule has 0 atom stereocenters. The zero-order chi connectivity index (χ0) is 24.8. The van der Waals surface area contributed by atoms with Crippen molar-refractivity contribution in [3.63, 3.8) is 0 Å². The predicted molar refractivity (Wildman–Crippen MR) is 115 cm³/mol. The Morgan fingerprint density at radius 1 is 0.515 bits per heavy atom. The second-order valence-corrected chi connectivity index (χ2v) is 7.17. The number of nitrogens with one attached hydrogen (secondary N) is 3. The van der Waals surface area contributed by atoms with Crippen molar-refractivity contribution in [1.82, 2.24) is 30.7 Å². The molecule has 33 heavy (non-hydrogen) atoms. The van der Waals surface area contributed by atoms with E-state index in [9.17, 15) is 28.8 Å². The van der Waals surface area contributed by atoms with E-state index in [-0.39, 0.29) is 78.5 Å². The quantitative estimate of drug-likeness (QED) is 0.159. The zero-order valence-corrected chi connectivity index (χ0v) is 18.5. The molecule has 0 bridgehead atoms. The molecule has 1 fully saturated rings. The number of amides is 6. The van der Waals surface area contributed by atoms with Crippen molar-refractivity contribution in [2.24, 2.45) is 17.2 Å². The molecule has 0 spiro atoms. The normalized spacial score (nSPS) is 13.4. The van der Waals surface area contributed by atoms with Crippen LogP contribution in [0.5, 0.6) is 0 Å². The fraction of sp³-hybridized carbons (Fsp3) is 0.667. The Bertz CT molecular complexity index is 631. The number of carbonyl (C=O) groups excluding carboxylic acids is 6. The minimum atomic E-state index is -0.532. The third-order valence-electron chi connectivity index (χ3n) is 4.51. The van der Waals surface area contributed by atoms with Gasteiger partial charge in [0.05, 0.1) is 39.6 Å². The standard InChI is InChI=1S/C18H33N9O6/c19-4-1-13(28)22-7-16(31)25-10-26(17(32)8-23-14(29)2-5-20)12-27(11-25)18(33)9-24-15(30)3-6-21/h1-12,19-21H2,(H,22,28)(H,23,29)(H,24,30). The lowest BCUT2D eigenvalue weighted by molar-refractivity contribution is -0.158. The summed E-state index contributed by atoms with van der Waals surface area (Å²) in [6.07, 6.45) is 0.147. The van der Waals surface area contributed by atoms with E-state index in [1.807, 2.05) is 0 Å². The third kappa shape index (κ3) is 10.2. The lowest BCUT2D eigenvalue weighted by Crippen LogP contribution is -2.62. The molecule has 0 aromatic rings. The smallest absolute Gasteiger partial charge is 0.244 e. The van der Waals surface area contributed by atoms with Crippen LogP contribution < -0.4 is 33.2 Å². The van der Waals surface area contributed by atoms with Gasteiger partial charge in [-0.15, -0.1) is 0 Å². The number of hydrogen-bond acceptors (Lipinski definition) is 9. The maximum Gasteiger partial charge on any atom is 0.244 e. The number of nitrogens with two attached hydrogens (primary N) is 3. The highest BCUT2D eigenvalue weighted by Crippen LogP contribution is 2.09. The molecule has 186 valence electrons. The Labute approximate surface area is 191 Å². The van der Waals surface area contributed by atoms with Crippen LogP contribution in [0.1, 0.15) is 19.3 Å². The fourth-order valence-corrected chi connectivity index (χ4v) is 2.74. The van der Waals surface area contributed by atoms with Crippen molar-refractivity contribution >= 4 is 35.4 Å². The summed E-state index contributed by atoms with van der Waals surface area (Å²) < 4.78 is 0. The van der Waals surface area contributed by atoms with Gasteiger partial charge in [0, 0.05) is 38.9 Å². The predicted octanol–water partition coefficient (Wildman–Crippen LogP) is -5.25. The molecule has 1 heterocycles. The van der Waals surface area contributed by atoms with E-state index < -0.39 is 35.4 Å². The van der Waals surface area contributed by atoms with Gasteiger partial charge in [0.15, 0.2) is 0 Å². The van der Waals surface area contributed by atoms with Crippen LogP contribution in [0.25, 0.3) is 0 Å². The van der Waals surface area contributed by atoms with Gasteiger partial charge in [-0.1, -0.05) is 0 Å². The molecular weight excluding hydrogens is 438 g/mol. The second kappa shape index (κ2) is 14.7. The summed E-state index contributed by atoms with van der Waals surface area (Å²) in [7, 11) is 0. The first-order valence-electron chi connectivity index (χ1n) is 10.4. The first-order valence-corrected chi connectivity index (χ1v) is 10.4. The molecule has 0 aromatic carbocycles. The maximum atomic E-state index is 12.6. The number of carbonyl (C=O) groups is 6. The first kappa shape index (κ1) is 27.7. The average Bonchev–Trinajstić information content (AvgIpc) is 2.79. The highest BCUT2D eigenvalue weighted by molar-refractivity contribution is 5.88. The van der Waals surface area contributed by atoms with E-state index in [0.29, 0.717) is 0 Å². The Balaban J connectivity index is 2.82. The molecular formula is C18H33N9O6. The maximum absolute atomic E-state index is 12.6. The molecule has 6 amide bonds. The molecule has 0 radical (unpaired) electrons. The first-order chi connectivity index (χ1) is 15.7. The molecule has 1 aliphatic heterocycles. The van der Waals surface area contributed by atoms with Crippen molar-refractivity contribution in [2.75, 3.05) is 59.3 Å². The topological polar surface area (TPSA) is 226 Å². The number of nitrogens with zero attached hydrogens (tertiary/aromatic N) is 3. The summed E-state index contributed by atoms with van der Waals surface area (Å²) in [4.78, 5) is 76.1. The SMILES string of the molecule is NCCC(=O)NCC(=O)N1CN(C(=O)CNC(=O)CCN)CN(C(=O)CNC(=O)CCN)C1. The van der Waals surface area contributed by atoms with Gasteiger partial charge >= 0.3 is 0 Å². The Hall–Kier alpha value is -3.30. The van der Waals surface area contributed by atoms with E-state index >= 15 is 0 Å². The molecule has 1 saturated heterocycles. The van der Waals surface area contributed by atoms with Crippen LogP contribution in [-0.4, -0.2) is 109 Å². The lowest BCUT2D eigenvalue weighted by atomic mass is 10.3. The summed E-state index contributed by atoms with van der Waals surface area (Å²) in [5, 5.41) is 7.27. The Morgan fingerprint density at radius 2 is 0.758 bits per heavy atom. The van der Waals surface area contributed by atoms with Gasteiger partial charge in [0.2, 0.25) is 35.4 Å². The van der Waals surface area contributed by atoms with E-state index in [0.717, 1.165) is 0 Å². The summed E-state index contributed by atoms with van der Waals surface area (Å²) in [6.45, 7) is -1.11. The van der Waals surface area contributed by atoms with Crippen LogP contribution in [0.2, 0.25) is 0 Å². The van der Waals surface area contributed by atoms with Crippen LogP contribution in [0.3, 0.4) is 0 Å². The molecule has 15 heteroatoms. The molecule has 0 aromatic heterocycles. The number of rotatable bonds is 12. The van der Waals surface area contributed by atoms with Crippen molar-refractivity contribution in [3.8, 4) is 0 Å². The summed E-state index contributed by atoms with van der Waals surface area (Å²) in [5.41, 5.74) is 15.9. The van der Waals surface area contributed by atoms with Crippen LogP contribution >= 0.6 is 0 Å². The van der Waals surface area contributed by atoms with Gasteiger partial charge in [0.25, 0.3) is 0 Å². The van der Waals surface area contributed by atoms with Crippen LogP contribution in [0, 0.1) is 0 Å². The molecule has 9 N–H and O–H groups in total. The molecule has 1 rings (SSSR count). The van der Waals surface area contributed by atoms with Gasteiger partial charge in [-0.25, -0.2) is 0 Å². The second-order valence-electron chi connectivity index (χ2n) is 7.17. The third-order valence-corrected chi connectivity index (χ3v) is 4.51. The molecule has 0 aliphatic carbocycles. The highest BCUT2D eigenvalue weighted by Gasteiger charge is 2.32. The van der Waals surface area contributed by atoms with Crippen LogP contribution in [0.15, 0.2) is 0 Å². The van der Waals surface area contributed by atoms with E-state index in [2.05, 4.69) is 16.0 Å². The molecule has 1 aliphatic rings. The monoisotopic (exact) mass is 471 g/mol. The lowest BCUT2D eigenvalue weighted by Gasteiger charge is -2.42. The summed E-state index contributed by atoms with van der Waals surface area (Å²) >= 11 is 0. The molecule has 15 nitrogen and oxygen atoms in total. The minimum absolute atomic E-state index is 0.0491. The van der Waals surface area contributed by atoms with E-state index in [1.165, 1.54) is 14.7 Å². The van der Waals surface area contributed by atoms with E-state index in [1.54, 1.807) is 0 Å². The van der Waals surface area contributed by atoms with Gasteiger partial charge in [-0.3, -0.25) is 28.8 Å². The van der Waals surface area contributed by atoms with Gasteiger partial charge in [0.1, 0.15) is 0 Å².